The Bertz CT molecular complexity index is 2800. The van der Waals surface area contributed by atoms with Crippen molar-refractivity contribution in [2.24, 2.45) is 16.8 Å². The summed E-state index contributed by atoms with van der Waals surface area (Å²) in [6.45, 7) is 11.2. The van der Waals surface area contributed by atoms with Crippen LogP contribution in [0.15, 0.2) is 58.4 Å². The number of hydrogen-bond acceptors (Lipinski definition) is 16. The first kappa shape index (κ1) is 59.1. The van der Waals surface area contributed by atoms with Gasteiger partial charge in [-0.1, -0.05) is 44.9 Å². The highest BCUT2D eigenvalue weighted by atomic mass is 16.6. The molecule has 7 N–H and O–H groups in total. The minimum atomic E-state index is -1.92. The summed E-state index contributed by atoms with van der Waals surface area (Å²) >= 11 is 0. The molecule has 24 nitrogen and oxygen atoms in total. The molecule has 0 saturated carbocycles. The molecule has 0 spiro atoms. The number of rotatable bonds is 33. The molecule has 5 amide bonds. The minimum absolute atomic E-state index is 0.0133. The van der Waals surface area contributed by atoms with Crippen molar-refractivity contribution in [2.45, 2.75) is 97.2 Å². The zero-order chi connectivity index (χ0) is 55.3. The molecule has 4 heterocycles. The highest BCUT2D eigenvalue weighted by Crippen LogP contribution is 2.41. The number of aryl methyl sites for hydroxylation is 1. The van der Waals surface area contributed by atoms with E-state index in [-0.39, 0.29) is 87.9 Å². The van der Waals surface area contributed by atoms with Crippen LogP contribution in [0.3, 0.4) is 0 Å². The summed E-state index contributed by atoms with van der Waals surface area (Å²) in [5.41, 5.74) is 16.7. The Morgan fingerprint density at radius 2 is 1.55 bits per heavy atom. The van der Waals surface area contributed by atoms with Crippen LogP contribution in [0.1, 0.15) is 81.2 Å². The molecule has 0 bridgehead atoms. The van der Waals surface area contributed by atoms with E-state index in [9.17, 15) is 33.9 Å². The number of azide groups is 1. The summed E-state index contributed by atoms with van der Waals surface area (Å²) in [5.74, 6) is -1.99. The Hall–Kier alpha value is -7.18. The van der Waals surface area contributed by atoms with Crippen LogP contribution in [-0.4, -0.2) is 136 Å². The third kappa shape index (κ3) is 16.2. The number of hydrogen-bond donors (Lipinski definition) is 6. The topological polar surface area (TPSA) is 328 Å². The molecule has 77 heavy (non-hydrogen) atoms. The lowest BCUT2D eigenvalue weighted by molar-refractivity contribution is -0.172. The first-order valence-corrected chi connectivity index (χ1v) is 25.9. The van der Waals surface area contributed by atoms with Crippen LogP contribution in [0.4, 0.5) is 10.5 Å². The molecule has 2 aliphatic rings. The number of nitrogens with zero attached hydrogens (tertiary/aromatic N) is 5. The molecule has 0 aliphatic carbocycles. The monoisotopic (exact) mass is 1070 g/mol. The highest BCUT2D eigenvalue weighted by Gasteiger charge is 2.45. The summed E-state index contributed by atoms with van der Waals surface area (Å²) in [7, 11) is 0. The van der Waals surface area contributed by atoms with Gasteiger partial charge in [0.25, 0.3) is 5.56 Å². The smallest absolute Gasteiger partial charge is 0.343 e. The fourth-order valence-corrected chi connectivity index (χ4v) is 8.84. The van der Waals surface area contributed by atoms with Gasteiger partial charge in [0.05, 0.1) is 95.1 Å². The van der Waals surface area contributed by atoms with E-state index in [2.05, 4.69) is 31.3 Å². The van der Waals surface area contributed by atoms with E-state index in [4.69, 9.17) is 49.4 Å². The van der Waals surface area contributed by atoms with Gasteiger partial charge in [-0.25, -0.2) is 14.6 Å². The van der Waals surface area contributed by atoms with Crippen molar-refractivity contribution in [3.63, 3.8) is 0 Å². The summed E-state index contributed by atoms with van der Waals surface area (Å²) < 4.78 is 40.2. The Morgan fingerprint density at radius 1 is 0.883 bits per heavy atom. The number of nitrogens with one attached hydrogen (secondary N) is 4. The second-order valence-corrected chi connectivity index (χ2v) is 18.6. The van der Waals surface area contributed by atoms with E-state index in [1.165, 1.54) is 0 Å². The predicted molar refractivity (Wildman–Crippen MR) is 282 cm³/mol. The number of amides is 5. The van der Waals surface area contributed by atoms with Gasteiger partial charge in [0, 0.05) is 46.6 Å². The fraction of sp³-hybridized carbons (Fsp3) is 0.528. The number of pyridine rings is 2. The molecule has 0 radical (unpaired) electrons. The van der Waals surface area contributed by atoms with Crippen molar-refractivity contribution in [2.75, 3.05) is 84.5 Å². The van der Waals surface area contributed by atoms with Gasteiger partial charge in [0.15, 0.2) is 5.60 Å². The molecule has 4 aromatic rings. The Balaban J connectivity index is 0.965. The van der Waals surface area contributed by atoms with Crippen LogP contribution >= 0.6 is 0 Å². The maximum atomic E-state index is 13.8. The molecule has 2 aromatic heterocycles. The molecule has 6 rings (SSSR count). The van der Waals surface area contributed by atoms with E-state index in [1.54, 1.807) is 55.7 Å². The highest BCUT2D eigenvalue weighted by molar-refractivity contribution is 5.98. The number of ether oxygens (including phenoxy) is 7. The predicted octanol–water partition coefficient (Wildman–Crippen LogP) is 4.02. The summed E-state index contributed by atoms with van der Waals surface area (Å²) in [5, 5.41) is 26.4. The number of nitrogens with two attached hydrogens (primary N) is 1. The number of benzene rings is 2. The van der Waals surface area contributed by atoms with Crippen molar-refractivity contribution in [1.82, 2.24) is 25.5 Å². The SMILES string of the molecule is CCc1c2c(nc3ccc(OCc4ccc(NC(=O)[C@H](CCCNC(N)=O)NC(=O)[C@@H](NC(=O)CCOCCOCCOCCOCCOCCN=[N+]=[N-])C(C)C)cc4)cc13)-c1cc3c(c(=O)n1C2)COC(=O)[C@]3(O)CC. The van der Waals surface area contributed by atoms with Gasteiger partial charge in [-0.2, -0.15) is 0 Å². The van der Waals surface area contributed by atoms with Crippen LogP contribution < -0.4 is 37.3 Å². The lowest BCUT2D eigenvalue weighted by Crippen LogP contribution is -2.54. The molecule has 0 fully saturated rings. The second kappa shape index (κ2) is 29.4. The molecule has 2 aliphatic heterocycles. The van der Waals surface area contributed by atoms with Crippen molar-refractivity contribution >= 4 is 46.3 Å². The number of cyclic esters (lactones) is 1. The lowest BCUT2D eigenvalue weighted by atomic mass is 9.86. The number of aliphatic hydroxyl groups is 1. The molecule has 0 unspecified atom stereocenters. The fourth-order valence-electron chi connectivity index (χ4n) is 8.84. The number of anilines is 1. The number of carbonyl (C=O) groups is 5. The summed E-state index contributed by atoms with van der Waals surface area (Å²) in [6, 6.07) is 11.6. The molecule has 2 aromatic carbocycles. The quantitative estimate of drug-likeness (QED) is 0.0114. The number of fused-ring (bicyclic) bond motifs is 5. The maximum Gasteiger partial charge on any atom is 0.343 e. The largest absolute Gasteiger partial charge is 0.489 e. The van der Waals surface area contributed by atoms with Gasteiger partial charge < -0.3 is 69.8 Å². The van der Waals surface area contributed by atoms with E-state index in [1.807, 2.05) is 25.1 Å². The number of aromatic nitrogens is 2. The zero-order valence-electron chi connectivity index (χ0n) is 44.1. The third-order valence-electron chi connectivity index (χ3n) is 13.0. The van der Waals surface area contributed by atoms with E-state index in [0.717, 1.165) is 22.1 Å². The number of primary amides is 1. The van der Waals surface area contributed by atoms with Gasteiger partial charge in [0.2, 0.25) is 17.7 Å². The van der Waals surface area contributed by atoms with Gasteiger partial charge in [-0.15, -0.1) is 0 Å². The molecular formula is C53H70N10O14. The van der Waals surface area contributed by atoms with Crippen LogP contribution in [0.5, 0.6) is 5.75 Å². The molecular weight excluding hydrogens is 1000 g/mol. The van der Waals surface area contributed by atoms with Crippen LogP contribution in [0.2, 0.25) is 0 Å². The van der Waals surface area contributed by atoms with Crippen molar-refractivity contribution in [3.05, 3.63) is 97.1 Å². The Labute approximate surface area is 445 Å². The minimum Gasteiger partial charge on any atom is -0.489 e. The van der Waals surface area contributed by atoms with Crippen molar-refractivity contribution in [3.8, 4) is 17.1 Å². The van der Waals surface area contributed by atoms with E-state index in [0.29, 0.717) is 94.0 Å². The zero-order valence-corrected chi connectivity index (χ0v) is 44.1. The summed E-state index contributed by atoms with van der Waals surface area (Å²) in [6.07, 6.45) is 1.13. The molecule has 24 heteroatoms. The van der Waals surface area contributed by atoms with Crippen LogP contribution in [0, 0.1) is 5.92 Å². The van der Waals surface area contributed by atoms with Crippen molar-refractivity contribution < 1.29 is 62.2 Å². The van der Waals surface area contributed by atoms with Gasteiger partial charge in [-0.05, 0) is 84.7 Å². The molecule has 3 atom stereocenters. The van der Waals surface area contributed by atoms with Gasteiger partial charge in [-0.3, -0.25) is 19.2 Å². The lowest BCUT2D eigenvalue weighted by Gasteiger charge is -2.31. The third-order valence-corrected chi connectivity index (χ3v) is 13.0. The van der Waals surface area contributed by atoms with Crippen LogP contribution in [0.25, 0.3) is 32.7 Å². The number of urea groups is 1. The first-order chi connectivity index (χ1) is 37.2. The van der Waals surface area contributed by atoms with E-state index < -0.39 is 47.4 Å². The Kier molecular flexibility index (Phi) is 22.5. The van der Waals surface area contributed by atoms with Crippen LogP contribution in [-0.2, 0) is 79.4 Å². The number of carbonyl (C=O) groups excluding carboxylic acids is 5. The van der Waals surface area contributed by atoms with Crippen molar-refractivity contribution in [1.29, 1.82) is 0 Å². The average molecular weight is 1070 g/mol. The standard InChI is InChI=1S/C53H70N10O14/c1-5-37-38-28-36(13-14-42(38)59-47-39(37)30-63-44(47)29-41-40(50(63)67)32-77-51(68)53(41,70)6-2)76-31-34-9-11-35(12-10-34)58-48(65)43(8-7-16-56-52(54)69)60-49(66)46(33(3)4)61-45(64)15-18-71-20-22-73-24-26-75-27-25-74-23-21-72-19-17-57-62-55/h9-14,28-29,33,43,46,70H,5-8,15-27,30-32H2,1-4H3,(H,58,65)(H,60,66)(H,61,64)(H3,54,56,69)/t43-,46-,53-/m0/s1. The summed E-state index contributed by atoms with van der Waals surface area (Å²) in [4.78, 5) is 85.7. The Morgan fingerprint density at radius 3 is 2.17 bits per heavy atom. The maximum absolute atomic E-state index is 13.8. The molecule has 0 saturated heterocycles. The average Bonchev–Trinajstić information content (AvgIpc) is 3.90. The molecule has 416 valence electrons. The number of esters is 1. The van der Waals surface area contributed by atoms with Gasteiger partial charge in [0.1, 0.15) is 31.0 Å². The van der Waals surface area contributed by atoms with Gasteiger partial charge >= 0.3 is 12.0 Å². The second-order valence-electron chi connectivity index (χ2n) is 18.6. The van der Waals surface area contributed by atoms with E-state index >= 15 is 0 Å². The normalized spacial score (nSPS) is 15.1. The first-order valence-electron chi connectivity index (χ1n) is 25.9.